The van der Waals surface area contributed by atoms with Crippen LogP contribution >= 0.6 is 0 Å². The zero-order valence-electron chi connectivity index (χ0n) is 20.7. The van der Waals surface area contributed by atoms with Crippen LogP contribution in [0.25, 0.3) is 0 Å². The summed E-state index contributed by atoms with van der Waals surface area (Å²) >= 11 is 0. The average molecular weight is 617 g/mol. The average Bonchev–Trinajstić information content (AvgIpc) is 2.76. The summed E-state index contributed by atoms with van der Waals surface area (Å²) in [6.45, 7) is 8.16. The van der Waals surface area contributed by atoms with Crippen molar-refractivity contribution in [1.82, 2.24) is 9.97 Å². The van der Waals surface area contributed by atoms with Gasteiger partial charge in [-0.3, -0.25) is 20.0 Å². The molecule has 0 fully saturated rings. The number of nitrogens with zero attached hydrogens (tertiary/aromatic N) is 5. The van der Waals surface area contributed by atoms with Crippen LogP contribution < -0.4 is 37.3 Å². The van der Waals surface area contributed by atoms with Gasteiger partial charge in [0.05, 0.1) is 36.5 Å². The fourth-order valence-electron chi connectivity index (χ4n) is 2.51. The molecule has 0 aliphatic heterocycles. The van der Waals surface area contributed by atoms with Gasteiger partial charge in [-0.25, -0.2) is 37.3 Å². The van der Waals surface area contributed by atoms with Crippen molar-refractivity contribution in [2.45, 2.75) is 40.8 Å². The molecule has 2 aromatic heterocycles. The molecule has 0 radical (unpaired) electrons. The predicted octanol–water partition coefficient (Wildman–Crippen LogP) is -5.23. The summed E-state index contributed by atoms with van der Waals surface area (Å²) in [5.41, 5.74) is 4.15. The third-order valence-corrected chi connectivity index (χ3v) is 3.70. The Hall–Kier alpha value is -2.42. The van der Waals surface area contributed by atoms with Gasteiger partial charge in [0.1, 0.15) is 0 Å². The molecule has 0 unspecified atom stereocenters. The Morgan fingerprint density at radius 3 is 1.32 bits per heavy atom. The zero-order valence-corrected chi connectivity index (χ0v) is 23.3. The van der Waals surface area contributed by atoms with Crippen molar-refractivity contribution < 1.29 is 74.8 Å². The standard InChI is InChI=1S/C19H23N5.C2H3N.2ClHO4.Fe/c1-14(20)19(15(2)23-12-17-8-4-6-10-21-17)16(3)24-13-18-9-5-7-11-22-18;1-2-3;2*2-1(3,4)5;/h4-11,19-20H,12-13H2,1-3H3;1H3;2*(H,2,3,4,5);/q;;;;+2/p-2. The Bertz CT molecular complexity index is 933. The minimum Gasteiger partial charge on any atom is -0.309 e. The number of pyridine rings is 2. The first-order valence-corrected chi connectivity index (χ1v) is 12.4. The van der Waals surface area contributed by atoms with Crippen LogP contribution in [-0.2, 0) is 30.2 Å². The summed E-state index contributed by atoms with van der Waals surface area (Å²) in [7, 11) is -9.89. The number of rotatable bonds is 7. The van der Waals surface area contributed by atoms with Crippen LogP contribution in [0.3, 0.4) is 0 Å². The normalized spacial score (nSPS) is 12.0. The molecule has 0 saturated heterocycles. The molecule has 0 atom stereocenters. The van der Waals surface area contributed by atoms with E-state index in [0.29, 0.717) is 18.8 Å². The molecule has 1 N–H and O–H groups in total. The first-order chi connectivity index (χ1) is 17.0. The van der Waals surface area contributed by atoms with E-state index in [9.17, 15) is 0 Å². The summed E-state index contributed by atoms with van der Waals surface area (Å²) < 4.78 is 67.9. The van der Waals surface area contributed by atoms with Gasteiger partial charge in [0.15, 0.2) is 0 Å². The van der Waals surface area contributed by atoms with Crippen molar-refractivity contribution in [2.24, 2.45) is 15.9 Å². The van der Waals surface area contributed by atoms with Gasteiger partial charge >= 0.3 is 17.1 Å². The molecule has 210 valence electrons. The van der Waals surface area contributed by atoms with Gasteiger partial charge in [-0.05, 0) is 45.0 Å². The third-order valence-electron chi connectivity index (χ3n) is 3.70. The molecule has 0 amide bonds. The minimum absolute atomic E-state index is 0. The Balaban J connectivity index is -0.000000730. The Morgan fingerprint density at radius 2 is 1.11 bits per heavy atom. The zero-order chi connectivity index (χ0) is 29.1. The molecule has 0 spiro atoms. The molecule has 0 aliphatic carbocycles. The van der Waals surface area contributed by atoms with Crippen molar-refractivity contribution in [2.75, 3.05) is 0 Å². The smallest absolute Gasteiger partial charge is 0.309 e. The quantitative estimate of drug-likeness (QED) is 0.226. The molecule has 2 heterocycles. The van der Waals surface area contributed by atoms with Crippen LogP contribution in [0.5, 0.6) is 0 Å². The van der Waals surface area contributed by atoms with Crippen molar-refractivity contribution in [3.63, 3.8) is 0 Å². The first-order valence-electron chi connectivity index (χ1n) is 9.90. The maximum absolute atomic E-state index is 8.49. The Kier molecular flexibility index (Phi) is 22.7. The van der Waals surface area contributed by atoms with Gasteiger partial charge in [0.2, 0.25) is 0 Å². The number of halogens is 2. The molecule has 2 aromatic rings. The summed E-state index contributed by atoms with van der Waals surface area (Å²) in [5, 5.41) is 15.4. The van der Waals surface area contributed by atoms with E-state index >= 15 is 0 Å². The number of aliphatic imine (C=N–C) groups is 2. The van der Waals surface area contributed by atoms with E-state index in [2.05, 4.69) is 20.0 Å². The summed E-state index contributed by atoms with van der Waals surface area (Å²) in [6.07, 6.45) is 3.53. The first kappa shape index (κ1) is 40.1. The molecule has 38 heavy (non-hydrogen) atoms. The van der Waals surface area contributed by atoms with E-state index < -0.39 is 20.5 Å². The molecule has 0 bridgehead atoms. The summed E-state index contributed by atoms with van der Waals surface area (Å²) in [6, 6.07) is 13.3. The van der Waals surface area contributed by atoms with Crippen LogP contribution in [0, 0.1) is 43.1 Å². The maximum Gasteiger partial charge on any atom is 2.00 e. The van der Waals surface area contributed by atoms with Crippen LogP contribution in [-0.4, -0.2) is 27.1 Å². The predicted molar refractivity (Wildman–Crippen MR) is 110 cm³/mol. The van der Waals surface area contributed by atoms with E-state index in [1.165, 1.54) is 6.92 Å². The fraction of sp³-hybridized carbons (Fsp3) is 0.333. The number of hydrogen-bond donors (Lipinski definition) is 1. The van der Waals surface area contributed by atoms with Gasteiger partial charge in [-0.2, -0.15) is 5.26 Å². The van der Waals surface area contributed by atoms with Gasteiger partial charge < -0.3 is 5.41 Å². The van der Waals surface area contributed by atoms with E-state index in [0.717, 1.165) is 22.8 Å². The van der Waals surface area contributed by atoms with Crippen molar-refractivity contribution in [3.05, 3.63) is 60.2 Å². The molecular formula is C21H26Cl2FeN6O8. The Morgan fingerprint density at radius 1 is 0.816 bits per heavy atom. The number of nitrogens with one attached hydrogen (secondary N) is 1. The van der Waals surface area contributed by atoms with Crippen molar-refractivity contribution in [1.29, 1.82) is 10.7 Å². The maximum atomic E-state index is 8.49. The summed E-state index contributed by atoms with van der Waals surface area (Å²) in [5.74, 6) is -0.169. The molecular weight excluding hydrogens is 591 g/mol. The Labute approximate surface area is 235 Å². The van der Waals surface area contributed by atoms with Crippen molar-refractivity contribution in [3.8, 4) is 6.07 Å². The van der Waals surface area contributed by atoms with E-state index in [1.807, 2.05) is 50.2 Å². The molecule has 14 nitrogen and oxygen atoms in total. The van der Waals surface area contributed by atoms with E-state index in [1.54, 1.807) is 25.4 Å². The second-order valence-corrected chi connectivity index (χ2v) is 8.16. The number of aromatic nitrogens is 2. The summed E-state index contributed by atoms with van der Waals surface area (Å²) in [4.78, 5) is 17.8. The van der Waals surface area contributed by atoms with E-state index in [4.69, 9.17) is 47.9 Å². The SMILES string of the molecule is CC#N.CC(=N)C(C(C)=NCc1ccccn1)C(C)=NCc1ccccn1.[Fe+2].[O-][Cl+3]([O-])([O-])[O-].[O-][Cl+3]([O-])([O-])[O-]. The largest absolute Gasteiger partial charge is 2.00 e. The fourth-order valence-corrected chi connectivity index (χ4v) is 2.51. The van der Waals surface area contributed by atoms with E-state index in [-0.39, 0.29) is 23.0 Å². The monoisotopic (exact) mass is 616 g/mol. The second-order valence-electron chi connectivity index (χ2n) is 6.65. The molecule has 0 aromatic carbocycles. The molecule has 0 aliphatic rings. The molecule has 0 saturated carbocycles. The molecule has 2 rings (SSSR count). The number of nitriles is 1. The van der Waals surface area contributed by atoms with Crippen LogP contribution in [0.4, 0.5) is 0 Å². The van der Waals surface area contributed by atoms with Crippen LogP contribution in [0.2, 0.25) is 0 Å². The van der Waals surface area contributed by atoms with Gasteiger partial charge in [0, 0.05) is 36.5 Å². The van der Waals surface area contributed by atoms with Gasteiger partial charge in [-0.15, -0.1) is 20.5 Å². The minimum atomic E-state index is -4.94. The van der Waals surface area contributed by atoms with Gasteiger partial charge in [-0.1, -0.05) is 12.1 Å². The molecule has 17 heteroatoms. The second kappa shape index (κ2) is 21.5. The van der Waals surface area contributed by atoms with Crippen molar-refractivity contribution >= 4 is 17.1 Å². The van der Waals surface area contributed by atoms with Gasteiger partial charge in [0.25, 0.3) is 0 Å². The van der Waals surface area contributed by atoms with Crippen LogP contribution in [0.1, 0.15) is 39.1 Å². The topological polar surface area (TPSA) is 283 Å². The third kappa shape index (κ3) is 28.2. The van der Waals surface area contributed by atoms with Crippen LogP contribution in [0.15, 0.2) is 58.8 Å². The number of hydrogen-bond acceptors (Lipinski definition) is 14.